The topological polar surface area (TPSA) is 14.2 Å². The first-order chi connectivity index (χ1) is 9.34. The van der Waals surface area contributed by atoms with Crippen LogP contribution in [-0.4, -0.2) is 11.2 Å². The molecule has 0 N–H and O–H groups in total. The highest BCUT2D eigenvalue weighted by molar-refractivity contribution is 5.83. The van der Waals surface area contributed by atoms with Gasteiger partial charge >= 0.3 is 0 Å². The summed E-state index contributed by atoms with van der Waals surface area (Å²) in [6.07, 6.45) is 2.13. The van der Waals surface area contributed by atoms with E-state index in [9.17, 15) is 0 Å². The van der Waals surface area contributed by atoms with Crippen LogP contribution in [0.25, 0.3) is 10.9 Å². The van der Waals surface area contributed by atoms with Gasteiger partial charge in [0.25, 0.3) is 0 Å². The van der Waals surface area contributed by atoms with Crippen molar-refractivity contribution in [3.63, 3.8) is 0 Å². The minimum atomic E-state index is 0.682. The quantitative estimate of drug-likeness (QED) is 0.683. The second-order valence-corrected chi connectivity index (χ2v) is 4.68. The molecule has 0 spiro atoms. The summed E-state index contributed by atoms with van der Waals surface area (Å²) >= 11 is 0. The van der Waals surface area contributed by atoms with Crippen LogP contribution in [0.5, 0.6) is 5.75 Å². The predicted octanol–water partition coefficient (Wildman–Crippen LogP) is 4.03. The Bertz CT molecular complexity index is 670. The van der Waals surface area contributed by atoms with Crippen LogP contribution in [0.1, 0.15) is 5.56 Å². The first-order valence-corrected chi connectivity index (χ1v) is 6.57. The lowest BCUT2D eigenvalue weighted by Crippen LogP contribution is -2.07. The van der Waals surface area contributed by atoms with Gasteiger partial charge in [0.1, 0.15) is 12.4 Å². The molecule has 0 saturated carbocycles. The van der Waals surface area contributed by atoms with Gasteiger partial charge in [-0.05, 0) is 36.8 Å². The van der Waals surface area contributed by atoms with Crippen LogP contribution in [-0.2, 0) is 6.54 Å². The molecule has 0 fully saturated rings. The molecular formula is C17H17NO. The lowest BCUT2D eigenvalue weighted by Gasteiger charge is -2.08. The fourth-order valence-electron chi connectivity index (χ4n) is 2.35. The molecule has 1 aromatic heterocycles. The molecule has 0 amide bonds. The zero-order valence-corrected chi connectivity index (χ0v) is 11.0. The van der Waals surface area contributed by atoms with E-state index in [1.54, 1.807) is 0 Å². The fraction of sp³-hybridized carbons (Fsp3) is 0.176. The van der Waals surface area contributed by atoms with E-state index in [0.717, 1.165) is 12.3 Å². The maximum Gasteiger partial charge on any atom is 0.119 e. The van der Waals surface area contributed by atoms with E-state index in [4.69, 9.17) is 4.74 Å². The Morgan fingerprint density at radius 3 is 2.63 bits per heavy atom. The third-order valence-corrected chi connectivity index (χ3v) is 3.38. The Morgan fingerprint density at radius 1 is 0.947 bits per heavy atom. The molecule has 0 saturated heterocycles. The van der Waals surface area contributed by atoms with Crippen molar-refractivity contribution in [1.82, 2.24) is 4.57 Å². The molecule has 0 radical (unpaired) electrons. The van der Waals surface area contributed by atoms with Crippen molar-refractivity contribution in [2.45, 2.75) is 13.5 Å². The normalized spacial score (nSPS) is 10.8. The molecule has 1 heterocycles. The minimum Gasteiger partial charge on any atom is -0.492 e. The van der Waals surface area contributed by atoms with Crippen molar-refractivity contribution in [2.24, 2.45) is 0 Å². The van der Waals surface area contributed by atoms with Gasteiger partial charge in [0.15, 0.2) is 0 Å². The summed E-state index contributed by atoms with van der Waals surface area (Å²) in [7, 11) is 0. The third-order valence-electron chi connectivity index (χ3n) is 3.38. The van der Waals surface area contributed by atoms with E-state index in [0.29, 0.717) is 6.61 Å². The van der Waals surface area contributed by atoms with Gasteiger partial charge in [0.2, 0.25) is 0 Å². The van der Waals surface area contributed by atoms with Gasteiger partial charge < -0.3 is 9.30 Å². The molecule has 0 aliphatic rings. The van der Waals surface area contributed by atoms with Gasteiger partial charge in [-0.15, -0.1) is 0 Å². The molecule has 96 valence electrons. The Hall–Kier alpha value is -2.22. The summed E-state index contributed by atoms with van der Waals surface area (Å²) in [4.78, 5) is 0. The molecule has 2 aromatic carbocycles. The predicted molar refractivity (Wildman–Crippen MR) is 78.6 cm³/mol. The van der Waals surface area contributed by atoms with Crippen LogP contribution < -0.4 is 4.74 Å². The second kappa shape index (κ2) is 5.19. The standard InChI is InChI=1S/C17H17NO/c1-14-6-5-9-17-16(14)10-11-18(17)12-13-19-15-7-3-2-4-8-15/h2-11H,12-13H2,1H3. The molecule has 3 rings (SSSR count). The molecule has 19 heavy (non-hydrogen) atoms. The largest absolute Gasteiger partial charge is 0.492 e. The molecule has 0 bridgehead atoms. The lowest BCUT2D eigenvalue weighted by atomic mass is 10.1. The van der Waals surface area contributed by atoms with Crippen molar-refractivity contribution < 1.29 is 4.74 Å². The Labute approximate surface area is 113 Å². The number of para-hydroxylation sites is 1. The first kappa shape index (κ1) is 11.8. The average Bonchev–Trinajstić information content (AvgIpc) is 2.85. The number of hydrogen-bond donors (Lipinski definition) is 0. The second-order valence-electron chi connectivity index (χ2n) is 4.68. The summed E-state index contributed by atoms with van der Waals surface area (Å²) in [5.41, 5.74) is 2.59. The van der Waals surface area contributed by atoms with Gasteiger partial charge in [-0.2, -0.15) is 0 Å². The minimum absolute atomic E-state index is 0.682. The summed E-state index contributed by atoms with van der Waals surface area (Å²) in [5.74, 6) is 0.926. The van der Waals surface area contributed by atoms with Gasteiger partial charge in [0, 0.05) is 17.1 Å². The van der Waals surface area contributed by atoms with E-state index in [1.807, 2.05) is 30.3 Å². The zero-order valence-electron chi connectivity index (χ0n) is 11.0. The van der Waals surface area contributed by atoms with Crippen LogP contribution in [0.3, 0.4) is 0 Å². The molecule has 2 nitrogen and oxygen atoms in total. The summed E-state index contributed by atoms with van der Waals surface area (Å²) in [6, 6.07) is 18.5. The SMILES string of the molecule is Cc1cccc2c1ccn2CCOc1ccccc1. The highest BCUT2D eigenvalue weighted by atomic mass is 16.5. The third kappa shape index (κ3) is 2.48. The fourth-order valence-corrected chi connectivity index (χ4v) is 2.35. The maximum atomic E-state index is 5.74. The molecular weight excluding hydrogens is 234 g/mol. The van der Waals surface area contributed by atoms with Gasteiger partial charge in [-0.25, -0.2) is 0 Å². The zero-order chi connectivity index (χ0) is 13.1. The average molecular weight is 251 g/mol. The first-order valence-electron chi connectivity index (χ1n) is 6.57. The Morgan fingerprint density at radius 2 is 1.79 bits per heavy atom. The number of benzene rings is 2. The van der Waals surface area contributed by atoms with Crippen LogP contribution >= 0.6 is 0 Å². The summed E-state index contributed by atoms with van der Waals surface area (Å²) < 4.78 is 7.98. The number of ether oxygens (including phenoxy) is 1. The monoisotopic (exact) mass is 251 g/mol. The van der Waals surface area contributed by atoms with E-state index in [-0.39, 0.29) is 0 Å². The van der Waals surface area contributed by atoms with E-state index in [1.165, 1.54) is 16.5 Å². The van der Waals surface area contributed by atoms with E-state index < -0.39 is 0 Å². The van der Waals surface area contributed by atoms with Crippen molar-refractivity contribution in [1.29, 1.82) is 0 Å². The van der Waals surface area contributed by atoms with Crippen LogP contribution in [0.4, 0.5) is 0 Å². The van der Waals surface area contributed by atoms with Crippen molar-refractivity contribution in [2.75, 3.05) is 6.61 Å². The molecule has 0 aliphatic heterocycles. The Balaban J connectivity index is 1.71. The lowest BCUT2D eigenvalue weighted by molar-refractivity contribution is 0.300. The maximum absolute atomic E-state index is 5.74. The van der Waals surface area contributed by atoms with Crippen molar-refractivity contribution >= 4 is 10.9 Å². The molecule has 0 aliphatic carbocycles. The van der Waals surface area contributed by atoms with Crippen LogP contribution in [0.15, 0.2) is 60.8 Å². The number of nitrogens with zero attached hydrogens (tertiary/aromatic N) is 1. The highest BCUT2D eigenvalue weighted by Crippen LogP contribution is 2.19. The van der Waals surface area contributed by atoms with Crippen molar-refractivity contribution in [3.05, 3.63) is 66.4 Å². The van der Waals surface area contributed by atoms with Crippen LogP contribution in [0, 0.1) is 6.92 Å². The Kier molecular flexibility index (Phi) is 3.23. The van der Waals surface area contributed by atoms with E-state index >= 15 is 0 Å². The summed E-state index contributed by atoms with van der Waals surface area (Å²) in [5, 5.41) is 1.32. The van der Waals surface area contributed by atoms with Gasteiger partial charge in [-0.3, -0.25) is 0 Å². The number of fused-ring (bicyclic) bond motifs is 1. The molecule has 0 unspecified atom stereocenters. The number of rotatable bonds is 4. The molecule has 0 atom stereocenters. The molecule has 3 aromatic rings. The highest BCUT2D eigenvalue weighted by Gasteiger charge is 2.02. The van der Waals surface area contributed by atoms with E-state index in [2.05, 4.69) is 42.0 Å². The number of aromatic nitrogens is 1. The van der Waals surface area contributed by atoms with Gasteiger partial charge in [-0.1, -0.05) is 30.3 Å². The smallest absolute Gasteiger partial charge is 0.119 e. The molecule has 2 heteroatoms. The number of aryl methyl sites for hydroxylation is 1. The summed E-state index contributed by atoms with van der Waals surface area (Å²) in [6.45, 7) is 3.69. The van der Waals surface area contributed by atoms with Crippen molar-refractivity contribution in [3.8, 4) is 5.75 Å². The van der Waals surface area contributed by atoms with Crippen LogP contribution in [0.2, 0.25) is 0 Å². The number of hydrogen-bond acceptors (Lipinski definition) is 1. The van der Waals surface area contributed by atoms with Gasteiger partial charge in [0.05, 0.1) is 6.54 Å².